The summed E-state index contributed by atoms with van der Waals surface area (Å²) in [5.74, 6) is 0. The van der Waals surface area contributed by atoms with Crippen LogP contribution in [-0.2, 0) is 21.7 Å². The van der Waals surface area contributed by atoms with Gasteiger partial charge in [0, 0.05) is 55.1 Å². The van der Waals surface area contributed by atoms with E-state index in [1.54, 1.807) is 0 Å². The Morgan fingerprint density at radius 2 is 0.820 bits per heavy atom. The van der Waals surface area contributed by atoms with E-state index >= 15 is 0 Å². The molecule has 4 heteroatoms. The first-order valence-electron chi connectivity index (χ1n) is 22.2. The first-order valence-corrected chi connectivity index (χ1v) is 22.2. The van der Waals surface area contributed by atoms with Crippen LogP contribution < -0.4 is 16.4 Å². The summed E-state index contributed by atoms with van der Waals surface area (Å²) in [5, 5.41) is 5.33. The molecule has 3 aromatic heterocycles. The normalized spacial score (nSPS) is 13.9. The minimum absolute atomic E-state index is 0.0167. The van der Waals surface area contributed by atoms with E-state index in [1.807, 2.05) is 0 Å². The number of hydrogen-bond donors (Lipinski definition) is 0. The van der Waals surface area contributed by atoms with Crippen LogP contribution >= 0.6 is 0 Å². The predicted octanol–water partition coefficient (Wildman–Crippen LogP) is 12.9. The Kier molecular flexibility index (Phi) is 7.73. The van der Waals surface area contributed by atoms with Gasteiger partial charge in [-0.3, -0.25) is 0 Å². The molecule has 3 nitrogen and oxygen atoms in total. The second kappa shape index (κ2) is 12.4. The Morgan fingerprint density at radius 1 is 0.393 bits per heavy atom. The lowest BCUT2D eigenvalue weighted by atomic mass is 9.34. The van der Waals surface area contributed by atoms with Gasteiger partial charge in [-0.25, -0.2) is 4.98 Å². The first kappa shape index (κ1) is 38.1. The highest BCUT2D eigenvalue weighted by Gasteiger charge is 2.43. The van der Waals surface area contributed by atoms with Crippen LogP contribution in [0.5, 0.6) is 0 Å². The van der Waals surface area contributed by atoms with Crippen molar-refractivity contribution in [2.45, 2.75) is 105 Å². The quantitative estimate of drug-likeness (QED) is 0.160. The van der Waals surface area contributed by atoms with Gasteiger partial charge in [0.05, 0.1) is 22.4 Å². The Hall–Kier alpha value is -5.87. The molecule has 11 rings (SSSR count). The molecule has 0 amide bonds. The van der Waals surface area contributed by atoms with Crippen molar-refractivity contribution < 1.29 is 0 Å². The van der Waals surface area contributed by atoms with Crippen LogP contribution in [0.3, 0.4) is 0 Å². The van der Waals surface area contributed by atoms with E-state index in [2.05, 4.69) is 214 Å². The van der Waals surface area contributed by atoms with Crippen LogP contribution in [0.15, 0.2) is 121 Å². The third kappa shape index (κ3) is 5.60. The van der Waals surface area contributed by atoms with Gasteiger partial charge in [-0.05, 0) is 121 Å². The molecular weight excluding hydrogens is 737 g/mol. The Bertz CT molecular complexity index is 3150. The van der Waals surface area contributed by atoms with Crippen molar-refractivity contribution in [2.75, 3.05) is 0 Å². The fourth-order valence-corrected chi connectivity index (χ4v) is 10.4. The molecule has 0 saturated heterocycles. The zero-order valence-electron chi connectivity index (χ0n) is 38.0. The van der Waals surface area contributed by atoms with Crippen LogP contribution in [0.1, 0.15) is 105 Å². The van der Waals surface area contributed by atoms with Gasteiger partial charge < -0.3 is 9.13 Å². The van der Waals surface area contributed by atoms with Crippen LogP contribution in [0.25, 0.3) is 77.5 Å². The molecule has 6 aromatic carbocycles. The summed E-state index contributed by atoms with van der Waals surface area (Å²) in [6.07, 6.45) is 0. The third-order valence-electron chi connectivity index (χ3n) is 13.9. The van der Waals surface area contributed by atoms with Gasteiger partial charge in [0.25, 0.3) is 6.71 Å². The summed E-state index contributed by atoms with van der Waals surface area (Å²) >= 11 is 0. The molecule has 0 saturated carbocycles. The monoisotopic (exact) mass is 793 g/mol. The molecule has 0 aliphatic carbocycles. The van der Waals surface area contributed by atoms with Gasteiger partial charge >= 0.3 is 0 Å². The topological polar surface area (TPSA) is 22.8 Å². The van der Waals surface area contributed by atoms with Crippen molar-refractivity contribution in [1.82, 2.24) is 14.1 Å². The molecule has 0 N–H and O–H groups in total. The van der Waals surface area contributed by atoms with Crippen LogP contribution in [0.4, 0.5) is 0 Å². The van der Waals surface area contributed by atoms with Crippen LogP contribution in [-0.4, -0.2) is 20.8 Å². The highest BCUT2D eigenvalue weighted by Crippen LogP contribution is 2.44. The molecule has 0 radical (unpaired) electrons. The van der Waals surface area contributed by atoms with E-state index in [1.165, 1.54) is 93.6 Å². The zero-order chi connectivity index (χ0) is 42.7. The van der Waals surface area contributed by atoms with Gasteiger partial charge in [0.1, 0.15) is 0 Å². The highest BCUT2D eigenvalue weighted by atomic mass is 15.0. The van der Waals surface area contributed by atoms with E-state index in [0.717, 1.165) is 22.5 Å². The summed E-state index contributed by atoms with van der Waals surface area (Å²) in [7, 11) is 0. The highest BCUT2D eigenvalue weighted by molar-refractivity contribution is 7.00. The van der Waals surface area contributed by atoms with E-state index in [0.29, 0.717) is 0 Å². The maximum Gasteiger partial charge on any atom is 0.252 e. The lowest BCUT2D eigenvalue weighted by molar-refractivity contribution is 0.590. The second-order valence-corrected chi connectivity index (χ2v) is 22.2. The Balaban J connectivity index is 1.35. The maximum absolute atomic E-state index is 5.40. The molecule has 0 unspecified atom stereocenters. The summed E-state index contributed by atoms with van der Waals surface area (Å²) < 4.78 is 5.25. The average Bonchev–Trinajstić information content (AvgIpc) is 3.73. The van der Waals surface area contributed by atoms with Crippen molar-refractivity contribution in [2.24, 2.45) is 0 Å². The van der Waals surface area contributed by atoms with Crippen molar-refractivity contribution in [3.05, 3.63) is 144 Å². The van der Waals surface area contributed by atoms with Crippen molar-refractivity contribution >= 4 is 66.7 Å². The molecule has 0 fully saturated rings. The smallest absolute Gasteiger partial charge is 0.252 e. The Labute approximate surface area is 361 Å². The molecule has 302 valence electrons. The van der Waals surface area contributed by atoms with Gasteiger partial charge in [-0.15, -0.1) is 0 Å². The molecule has 0 bridgehead atoms. The van der Waals surface area contributed by atoms with Crippen molar-refractivity contribution in [3.8, 4) is 33.9 Å². The van der Waals surface area contributed by atoms with Crippen molar-refractivity contribution in [3.63, 3.8) is 0 Å². The fraction of sp³-hybridized carbons (Fsp3) is 0.281. The van der Waals surface area contributed by atoms with Gasteiger partial charge in [-0.1, -0.05) is 144 Å². The van der Waals surface area contributed by atoms with Gasteiger partial charge in [-0.2, -0.15) is 0 Å². The molecule has 61 heavy (non-hydrogen) atoms. The number of fused-ring (bicyclic) bond motifs is 10. The number of rotatable bonds is 2. The first-order chi connectivity index (χ1) is 28.8. The average molecular weight is 794 g/mol. The minimum atomic E-state index is -0.0430. The molecular formula is C57H56BN3. The summed E-state index contributed by atoms with van der Waals surface area (Å²) in [6.45, 7) is 28.2. The summed E-state index contributed by atoms with van der Waals surface area (Å²) in [4.78, 5) is 5.40. The van der Waals surface area contributed by atoms with E-state index in [9.17, 15) is 0 Å². The molecule has 2 aliphatic rings. The standard InChI is InChI=1S/C57H56BN3/c1-54(2,3)35-21-23-47-39(27-35)41-29-37(56(7,8)9)31-43-52(41)60(47)49-25-34(46-20-16-19-45(59-46)33-17-14-13-15-18-33)26-50-51(49)58(43)44-32-38(57(10,11)12)30-42-40-28-36(55(4,5)6)22-24-48(40)61(50)53(42)44/h13-32H,1-12H3. The number of aromatic nitrogens is 3. The summed E-state index contributed by atoms with van der Waals surface area (Å²) in [5.41, 5.74) is 21.5. The molecule has 0 spiro atoms. The number of hydrogen-bond acceptors (Lipinski definition) is 1. The van der Waals surface area contributed by atoms with Crippen LogP contribution in [0, 0.1) is 0 Å². The third-order valence-corrected chi connectivity index (χ3v) is 13.9. The predicted molar refractivity (Wildman–Crippen MR) is 263 cm³/mol. The van der Waals surface area contributed by atoms with Crippen molar-refractivity contribution in [1.29, 1.82) is 0 Å². The van der Waals surface area contributed by atoms with Gasteiger partial charge in [0.15, 0.2) is 0 Å². The molecule has 5 heterocycles. The van der Waals surface area contributed by atoms with E-state index < -0.39 is 0 Å². The van der Waals surface area contributed by atoms with E-state index in [-0.39, 0.29) is 28.4 Å². The number of pyridine rings is 1. The minimum Gasteiger partial charge on any atom is -0.310 e. The lowest BCUT2D eigenvalue weighted by Gasteiger charge is -2.35. The maximum atomic E-state index is 5.40. The lowest BCUT2D eigenvalue weighted by Crippen LogP contribution is -2.59. The molecule has 2 aliphatic heterocycles. The SMILES string of the molecule is CC(C)(C)c1ccc2c(c1)c1cc(C(C)(C)C)cc3c1n2-c1cc(-c2cccc(-c4ccccc4)n2)cc2c1B3c1cc(C(C)(C)C)cc3c4cc(C(C)(C)C)ccc4n-2c13. The van der Waals surface area contributed by atoms with Gasteiger partial charge in [0.2, 0.25) is 0 Å². The summed E-state index contributed by atoms with van der Waals surface area (Å²) in [6, 6.07) is 46.7. The van der Waals surface area contributed by atoms with Crippen LogP contribution in [0.2, 0.25) is 0 Å². The van der Waals surface area contributed by atoms with E-state index in [4.69, 9.17) is 4.98 Å². The largest absolute Gasteiger partial charge is 0.310 e. The Morgan fingerprint density at radius 3 is 1.26 bits per heavy atom. The molecule has 0 atom stereocenters. The fourth-order valence-electron chi connectivity index (χ4n) is 10.4. The number of nitrogens with zero attached hydrogens (tertiary/aromatic N) is 3. The second-order valence-electron chi connectivity index (χ2n) is 22.2. The number of benzene rings is 6. The molecule has 9 aromatic rings. The zero-order valence-corrected chi connectivity index (χ0v) is 38.0.